The highest BCUT2D eigenvalue weighted by molar-refractivity contribution is 9.10. The molecule has 0 heterocycles. The Morgan fingerprint density at radius 1 is 1.31 bits per heavy atom. The van der Waals surface area contributed by atoms with Crippen molar-refractivity contribution in [2.45, 2.75) is 32.1 Å². The van der Waals surface area contributed by atoms with E-state index in [1.165, 1.54) is 35.7 Å². The van der Waals surface area contributed by atoms with Gasteiger partial charge in [0, 0.05) is 10.4 Å². The summed E-state index contributed by atoms with van der Waals surface area (Å²) in [6.45, 7) is 0. The first-order valence-corrected chi connectivity index (χ1v) is 7.43. The fourth-order valence-electron chi connectivity index (χ4n) is 2.74. The average molecular weight is 302 g/mol. The second-order valence-corrected chi connectivity index (χ2v) is 6.02. The summed E-state index contributed by atoms with van der Waals surface area (Å²) in [5.74, 6) is 2.33. The fraction of sp³-hybridized carbons (Fsp3) is 0.571. The fourth-order valence-corrected chi connectivity index (χ4v) is 3.55. The van der Waals surface area contributed by atoms with Gasteiger partial charge >= 0.3 is 0 Å². The zero-order valence-electron chi connectivity index (χ0n) is 9.46. The van der Waals surface area contributed by atoms with Crippen molar-refractivity contribution in [2.75, 3.05) is 5.88 Å². The van der Waals surface area contributed by atoms with E-state index in [0.29, 0.717) is 5.92 Å². The summed E-state index contributed by atoms with van der Waals surface area (Å²) >= 11 is 9.65. The lowest BCUT2D eigenvalue weighted by atomic mass is 9.87. The second-order valence-electron chi connectivity index (χ2n) is 4.79. The maximum absolute atomic E-state index is 6.13. The molecular formula is C14H18BrCl. The first kappa shape index (κ1) is 12.4. The first-order valence-electron chi connectivity index (χ1n) is 6.10. The largest absolute Gasteiger partial charge is 0.126 e. The summed E-state index contributed by atoms with van der Waals surface area (Å²) in [4.78, 5) is 0. The minimum Gasteiger partial charge on any atom is -0.126 e. The summed E-state index contributed by atoms with van der Waals surface area (Å²) in [6, 6.07) is 8.61. The maximum Gasteiger partial charge on any atom is 0.0257 e. The van der Waals surface area contributed by atoms with Crippen molar-refractivity contribution in [3.8, 4) is 0 Å². The van der Waals surface area contributed by atoms with Gasteiger partial charge in [0.25, 0.3) is 0 Å². The molecule has 88 valence electrons. The van der Waals surface area contributed by atoms with Crippen LogP contribution in [-0.4, -0.2) is 5.88 Å². The molecule has 0 amide bonds. The zero-order valence-corrected chi connectivity index (χ0v) is 11.8. The lowest BCUT2D eigenvalue weighted by molar-refractivity contribution is 0.369. The van der Waals surface area contributed by atoms with Crippen LogP contribution in [0.15, 0.2) is 28.7 Å². The van der Waals surface area contributed by atoms with Gasteiger partial charge < -0.3 is 0 Å². The summed E-state index contributed by atoms with van der Waals surface area (Å²) in [5, 5.41) is 0. The van der Waals surface area contributed by atoms with Gasteiger partial charge in [-0.1, -0.05) is 53.7 Å². The van der Waals surface area contributed by atoms with Gasteiger partial charge in [0.15, 0.2) is 0 Å². The van der Waals surface area contributed by atoms with Crippen LogP contribution in [0.5, 0.6) is 0 Å². The molecule has 0 spiro atoms. The first-order chi connectivity index (χ1) is 7.79. The van der Waals surface area contributed by atoms with E-state index in [2.05, 4.69) is 40.2 Å². The summed E-state index contributed by atoms with van der Waals surface area (Å²) in [7, 11) is 0. The van der Waals surface area contributed by atoms with E-state index in [4.69, 9.17) is 11.6 Å². The van der Waals surface area contributed by atoms with E-state index < -0.39 is 0 Å². The zero-order chi connectivity index (χ0) is 11.4. The van der Waals surface area contributed by atoms with Crippen LogP contribution in [0.3, 0.4) is 0 Å². The molecule has 0 saturated heterocycles. The lowest BCUT2D eigenvalue weighted by Crippen LogP contribution is -2.16. The van der Waals surface area contributed by atoms with Gasteiger partial charge in [0.1, 0.15) is 0 Å². The summed E-state index contributed by atoms with van der Waals surface area (Å²) in [5.41, 5.74) is 1.41. The molecule has 1 aromatic rings. The standard InChI is InChI=1S/C14H18BrCl/c15-14-7-3-4-11(9-14)8-13(10-16)12-5-1-2-6-12/h3-4,7,9,12-13H,1-2,5-6,8,10H2. The predicted octanol–water partition coefficient (Wildman–Crippen LogP) is 5.04. The predicted molar refractivity (Wildman–Crippen MR) is 74.0 cm³/mol. The monoisotopic (exact) mass is 300 g/mol. The van der Waals surface area contributed by atoms with Gasteiger partial charge in [-0.2, -0.15) is 0 Å². The van der Waals surface area contributed by atoms with E-state index in [1.54, 1.807) is 0 Å². The number of alkyl halides is 1. The maximum atomic E-state index is 6.13. The number of rotatable bonds is 4. The van der Waals surface area contributed by atoms with E-state index in [0.717, 1.165) is 18.2 Å². The van der Waals surface area contributed by atoms with Crippen LogP contribution in [0, 0.1) is 11.8 Å². The highest BCUT2D eigenvalue weighted by Gasteiger charge is 2.24. The third kappa shape index (κ3) is 3.24. The SMILES string of the molecule is ClCC(Cc1cccc(Br)c1)C1CCCC1. The van der Waals surface area contributed by atoms with Crippen LogP contribution in [-0.2, 0) is 6.42 Å². The Bertz CT molecular complexity index is 331. The molecular weight excluding hydrogens is 284 g/mol. The molecule has 1 fully saturated rings. The molecule has 0 aliphatic heterocycles. The number of benzene rings is 1. The molecule has 1 aliphatic carbocycles. The Hall–Kier alpha value is -0.0100. The molecule has 0 N–H and O–H groups in total. The summed E-state index contributed by atoms with van der Waals surface area (Å²) in [6.07, 6.45) is 6.69. The van der Waals surface area contributed by atoms with Crippen LogP contribution in [0.4, 0.5) is 0 Å². The minimum absolute atomic E-state index is 0.665. The number of hydrogen-bond donors (Lipinski definition) is 0. The lowest BCUT2D eigenvalue weighted by Gasteiger charge is -2.21. The van der Waals surface area contributed by atoms with E-state index in [-0.39, 0.29) is 0 Å². The molecule has 1 aliphatic rings. The molecule has 16 heavy (non-hydrogen) atoms. The Labute approximate surface area is 112 Å². The van der Waals surface area contributed by atoms with Crippen molar-refractivity contribution in [2.24, 2.45) is 11.8 Å². The minimum atomic E-state index is 0.665. The van der Waals surface area contributed by atoms with Crippen molar-refractivity contribution >= 4 is 27.5 Å². The van der Waals surface area contributed by atoms with Crippen LogP contribution in [0.2, 0.25) is 0 Å². The molecule has 2 heteroatoms. The Morgan fingerprint density at radius 3 is 2.69 bits per heavy atom. The second kappa shape index (κ2) is 6.07. The van der Waals surface area contributed by atoms with Crippen molar-refractivity contribution in [3.05, 3.63) is 34.3 Å². The van der Waals surface area contributed by atoms with Crippen molar-refractivity contribution in [1.29, 1.82) is 0 Å². The third-order valence-electron chi connectivity index (χ3n) is 3.65. The molecule has 1 saturated carbocycles. The molecule has 0 bridgehead atoms. The van der Waals surface area contributed by atoms with Gasteiger partial charge in [-0.05, 0) is 36.0 Å². The number of hydrogen-bond acceptors (Lipinski definition) is 0. The average Bonchev–Trinajstić information content (AvgIpc) is 2.79. The molecule has 0 radical (unpaired) electrons. The Kier molecular flexibility index (Phi) is 4.72. The molecule has 1 atom stereocenters. The topological polar surface area (TPSA) is 0 Å². The van der Waals surface area contributed by atoms with E-state index >= 15 is 0 Å². The van der Waals surface area contributed by atoms with E-state index in [1.807, 2.05) is 0 Å². The van der Waals surface area contributed by atoms with E-state index in [9.17, 15) is 0 Å². The normalized spacial score (nSPS) is 18.9. The Morgan fingerprint density at radius 2 is 2.06 bits per heavy atom. The smallest absolute Gasteiger partial charge is 0.0257 e. The van der Waals surface area contributed by atoms with Gasteiger partial charge in [-0.25, -0.2) is 0 Å². The third-order valence-corrected chi connectivity index (χ3v) is 4.54. The highest BCUT2D eigenvalue weighted by Crippen LogP contribution is 2.34. The molecule has 0 aromatic heterocycles. The van der Waals surface area contributed by atoms with Crippen molar-refractivity contribution in [3.63, 3.8) is 0 Å². The Balaban J connectivity index is 2.00. The van der Waals surface area contributed by atoms with Crippen LogP contribution in [0.1, 0.15) is 31.2 Å². The molecule has 1 aromatic carbocycles. The quantitative estimate of drug-likeness (QED) is 0.684. The van der Waals surface area contributed by atoms with Crippen LogP contribution in [0.25, 0.3) is 0 Å². The van der Waals surface area contributed by atoms with Crippen LogP contribution < -0.4 is 0 Å². The van der Waals surface area contributed by atoms with Crippen molar-refractivity contribution < 1.29 is 0 Å². The van der Waals surface area contributed by atoms with Gasteiger partial charge in [0.05, 0.1) is 0 Å². The van der Waals surface area contributed by atoms with Gasteiger partial charge in [0.2, 0.25) is 0 Å². The van der Waals surface area contributed by atoms with Gasteiger partial charge in [-0.15, -0.1) is 11.6 Å². The van der Waals surface area contributed by atoms with Gasteiger partial charge in [-0.3, -0.25) is 0 Å². The molecule has 2 rings (SSSR count). The molecule has 1 unspecified atom stereocenters. The van der Waals surface area contributed by atoms with Crippen LogP contribution >= 0.6 is 27.5 Å². The summed E-state index contributed by atoms with van der Waals surface area (Å²) < 4.78 is 1.17. The highest BCUT2D eigenvalue weighted by atomic mass is 79.9. The van der Waals surface area contributed by atoms with Crippen molar-refractivity contribution in [1.82, 2.24) is 0 Å². The number of halogens is 2. The molecule has 0 nitrogen and oxygen atoms in total.